The van der Waals surface area contributed by atoms with Crippen LogP contribution >= 0.6 is 0 Å². The minimum atomic E-state index is -0.901. The first-order valence-corrected chi connectivity index (χ1v) is 6.44. The second-order valence-electron chi connectivity index (χ2n) is 4.81. The van der Waals surface area contributed by atoms with Crippen LogP contribution in [0.4, 0.5) is 0 Å². The summed E-state index contributed by atoms with van der Waals surface area (Å²) in [5.41, 5.74) is 3.43. The third kappa shape index (κ3) is 2.18. The van der Waals surface area contributed by atoms with Crippen molar-refractivity contribution >= 4 is 16.9 Å². The van der Waals surface area contributed by atoms with Gasteiger partial charge in [0.15, 0.2) is 0 Å². The molecule has 20 heavy (non-hydrogen) atoms. The lowest BCUT2D eigenvalue weighted by atomic mass is 10.0. The predicted octanol–water partition coefficient (Wildman–Crippen LogP) is 4.03. The molecule has 3 nitrogen and oxygen atoms in total. The lowest BCUT2D eigenvalue weighted by Crippen LogP contribution is -1.96. The van der Waals surface area contributed by atoms with Crippen LogP contribution in [0.3, 0.4) is 0 Å². The van der Waals surface area contributed by atoms with E-state index >= 15 is 0 Å². The highest BCUT2D eigenvalue weighted by atomic mass is 16.4. The van der Waals surface area contributed by atoms with E-state index in [1.807, 2.05) is 43.3 Å². The van der Waals surface area contributed by atoms with Gasteiger partial charge in [-0.15, -0.1) is 0 Å². The van der Waals surface area contributed by atoms with Gasteiger partial charge in [-0.3, -0.25) is 0 Å². The van der Waals surface area contributed by atoms with Gasteiger partial charge in [-0.05, 0) is 30.7 Å². The summed E-state index contributed by atoms with van der Waals surface area (Å²) in [6, 6.07) is 14.9. The fourth-order valence-corrected chi connectivity index (χ4v) is 2.41. The molecule has 0 spiro atoms. The number of furan rings is 1. The Balaban J connectivity index is 1.96. The second kappa shape index (κ2) is 4.85. The van der Waals surface area contributed by atoms with Gasteiger partial charge in [0.25, 0.3) is 0 Å². The van der Waals surface area contributed by atoms with E-state index < -0.39 is 5.97 Å². The number of fused-ring (bicyclic) bond motifs is 1. The van der Waals surface area contributed by atoms with Crippen molar-refractivity contribution in [1.29, 1.82) is 0 Å². The summed E-state index contributed by atoms with van der Waals surface area (Å²) < 4.78 is 5.74. The smallest absolute Gasteiger partial charge is 0.335 e. The maximum absolute atomic E-state index is 10.8. The highest BCUT2D eigenvalue weighted by molar-refractivity contribution is 5.87. The largest absolute Gasteiger partial charge is 0.478 e. The van der Waals surface area contributed by atoms with Crippen LogP contribution in [0.2, 0.25) is 0 Å². The molecule has 0 aliphatic rings. The van der Waals surface area contributed by atoms with E-state index in [1.165, 1.54) is 0 Å². The van der Waals surface area contributed by atoms with Crippen LogP contribution in [-0.2, 0) is 6.42 Å². The Morgan fingerprint density at radius 2 is 1.80 bits per heavy atom. The van der Waals surface area contributed by atoms with Crippen molar-refractivity contribution in [3.63, 3.8) is 0 Å². The summed E-state index contributed by atoms with van der Waals surface area (Å²) in [7, 11) is 0. The summed E-state index contributed by atoms with van der Waals surface area (Å²) >= 11 is 0. The standard InChI is InChI=1S/C17H14O3/c1-11-15(14-4-2-3-5-16(14)20-11)10-12-6-8-13(9-7-12)17(18)19/h2-9H,10H2,1H3,(H,18,19). The molecule has 0 unspecified atom stereocenters. The first-order chi connectivity index (χ1) is 9.65. The van der Waals surface area contributed by atoms with Crippen LogP contribution in [0.25, 0.3) is 11.0 Å². The van der Waals surface area contributed by atoms with Crippen LogP contribution in [-0.4, -0.2) is 11.1 Å². The Bertz CT molecular complexity index is 767. The number of para-hydroxylation sites is 1. The van der Waals surface area contributed by atoms with E-state index in [0.717, 1.165) is 34.3 Å². The number of hydrogen-bond donors (Lipinski definition) is 1. The third-order valence-corrected chi connectivity index (χ3v) is 3.48. The second-order valence-corrected chi connectivity index (χ2v) is 4.81. The monoisotopic (exact) mass is 266 g/mol. The molecule has 0 amide bonds. The molecule has 0 saturated carbocycles. The maximum atomic E-state index is 10.8. The number of aryl methyl sites for hydroxylation is 1. The molecule has 3 heteroatoms. The Labute approximate surface area is 116 Å². The van der Waals surface area contributed by atoms with Gasteiger partial charge in [0.1, 0.15) is 11.3 Å². The molecule has 0 fully saturated rings. The molecule has 100 valence electrons. The molecule has 0 aliphatic carbocycles. The van der Waals surface area contributed by atoms with E-state index in [-0.39, 0.29) is 0 Å². The van der Waals surface area contributed by atoms with E-state index in [1.54, 1.807) is 12.1 Å². The van der Waals surface area contributed by atoms with Crippen LogP contribution in [0.1, 0.15) is 27.2 Å². The number of carboxylic acid groups (broad SMARTS) is 1. The van der Waals surface area contributed by atoms with Crippen LogP contribution in [0.5, 0.6) is 0 Å². The number of carboxylic acids is 1. The summed E-state index contributed by atoms with van der Waals surface area (Å²) in [5, 5.41) is 10.0. The van der Waals surface area contributed by atoms with Crippen molar-refractivity contribution in [2.24, 2.45) is 0 Å². The number of benzene rings is 2. The van der Waals surface area contributed by atoms with E-state index in [4.69, 9.17) is 9.52 Å². The highest BCUT2D eigenvalue weighted by Gasteiger charge is 2.11. The van der Waals surface area contributed by atoms with E-state index in [0.29, 0.717) is 5.56 Å². The molecule has 0 saturated heterocycles. The van der Waals surface area contributed by atoms with Crippen molar-refractivity contribution in [2.45, 2.75) is 13.3 Å². The van der Waals surface area contributed by atoms with Crippen LogP contribution < -0.4 is 0 Å². The van der Waals surface area contributed by atoms with E-state index in [2.05, 4.69) is 0 Å². The topological polar surface area (TPSA) is 50.4 Å². The van der Waals surface area contributed by atoms with Gasteiger partial charge in [0.2, 0.25) is 0 Å². The molecule has 0 atom stereocenters. The maximum Gasteiger partial charge on any atom is 0.335 e. The Morgan fingerprint density at radius 3 is 2.50 bits per heavy atom. The lowest BCUT2D eigenvalue weighted by Gasteiger charge is -2.02. The zero-order valence-electron chi connectivity index (χ0n) is 11.1. The van der Waals surface area contributed by atoms with E-state index in [9.17, 15) is 4.79 Å². The molecule has 1 N–H and O–H groups in total. The molecular formula is C17H14O3. The van der Waals surface area contributed by atoms with Gasteiger partial charge in [-0.25, -0.2) is 4.79 Å². The van der Waals surface area contributed by atoms with Gasteiger partial charge in [-0.2, -0.15) is 0 Å². The van der Waals surface area contributed by atoms with Gasteiger partial charge >= 0.3 is 5.97 Å². The first-order valence-electron chi connectivity index (χ1n) is 6.44. The molecule has 3 aromatic rings. The molecule has 0 bridgehead atoms. The van der Waals surface area contributed by atoms with Crippen LogP contribution in [0.15, 0.2) is 52.9 Å². The van der Waals surface area contributed by atoms with Crippen molar-refractivity contribution in [1.82, 2.24) is 0 Å². The van der Waals surface area contributed by atoms with Crippen LogP contribution in [0, 0.1) is 6.92 Å². The molecule has 2 aromatic carbocycles. The minimum absolute atomic E-state index is 0.308. The average molecular weight is 266 g/mol. The molecule has 0 aliphatic heterocycles. The Kier molecular flexibility index (Phi) is 3.03. The molecule has 3 rings (SSSR count). The zero-order chi connectivity index (χ0) is 14.1. The summed E-state index contributed by atoms with van der Waals surface area (Å²) in [4.78, 5) is 10.8. The summed E-state index contributed by atoms with van der Waals surface area (Å²) in [5.74, 6) is 0.00926. The fraction of sp³-hybridized carbons (Fsp3) is 0.118. The molecule has 1 aromatic heterocycles. The molecule has 0 radical (unpaired) electrons. The molecule has 1 heterocycles. The predicted molar refractivity (Wildman–Crippen MR) is 77.2 cm³/mol. The van der Waals surface area contributed by atoms with Crippen molar-refractivity contribution in [3.05, 3.63) is 71.0 Å². The fourth-order valence-electron chi connectivity index (χ4n) is 2.41. The van der Waals surface area contributed by atoms with Crippen molar-refractivity contribution in [2.75, 3.05) is 0 Å². The first kappa shape index (κ1) is 12.5. The summed E-state index contributed by atoms with van der Waals surface area (Å²) in [6.45, 7) is 1.96. The van der Waals surface area contributed by atoms with Gasteiger partial charge in [0.05, 0.1) is 5.56 Å². The van der Waals surface area contributed by atoms with Crippen molar-refractivity contribution in [3.8, 4) is 0 Å². The normalized spacial score (nSPS) is 10.8. The highest BCUT2D eigenvalue weighted by Crippen LogP contribution is 2.27. The number of hydrogen-bond acceptors (Lipinski definition) is 2. The Hall–Kier alpha value is -2.55. The summed E-state index contributed by atoms with van der Waals surface area (Å²) in [6.07, 6.45) is 0.739. The zero-order valence-corrected chi connectivity index (χ0v) is 11.1. The van der Waals surface area contributed by atoms with Crippen molar-refractivity contribution < 1.29 is 14.3 Å². The SMILES string of the molecule is Cc1oc2ccccc2c1Cc1ccc(C(=O)O)cc1. The quantitative estimate of drug-likeness (QED) is 0.778. The van der Waals surface area contributed by atoms with Gasteiger partial charge in [0, 0.05) is 17.4 Å². The Morgan fingerprint density at radius 1 is 1.10 bits per heavy atom. The minimum Gasteiger partial charge on any atom is -0.478 e. The third-order valence-electron chi connectivity index (χ3n) is 3.48. The molecular weight excluding hydrogens is 252 g/mol. The lowest BCUT2D eigenvalue weighted by molar-refractivity contribution is 0.0697. The van der Waals surface area contributed by atoms with Gasteiger partial charge < -0.3 is 9.52 Å². The number of aromatic carboxylic acids is 1. The van der Waals surface area contributed by atoms with Gasteiger partial charge in [-0.1, -0.05) is 30.3 Å². The number of rotatable bonds is 3. The number of carbonyl (C=O) groups is 1. The average Bonchev–Trinajstić information content (AvgIpc) is 2.76.